The van der Waals surface area contributed by atoms with Gasteiger partial charge in [0.25, 0.3) is 5.56 Å². The summed E-state index contributed by atoms with van der Waals surface area (Å²) < 4.78 is 1.76. The van der Waals surface area contributed by atoms with Crippen molar-refractivity contribution in [2.75, 3.05) is 20.1 Å². The molecule has 0 amide bonds. The summed E-state index contributed by atoms with van der Waals surface area (Å²) >= 11 is 0. The van der Waals surface area contributed by atoms with Crippen molar-refractivity contribution in [3.05, 3.63) is 58.4 Å². The molecule has 7 nitrogen and oxygen atoms in total. The van der Waals surface area contributed by atoms with E-state index < -0.39 is 0 Å². The molecular formula is C26H36N6O. The third-order valence-corrected chi connectivity index (χ3v) is 6.51. The molecule has 1 aliphatic heterocycles. The molecular weight excluding hydrogens is 412 g/mol. The molecule has 0 aliphatic carbocycles. The lowest BCUT2D eigenvalue weighted by molar-refractivity contribution is 0.109. The van der Waals surface area contributed by atoms with Crippen LogP contribution in [0.1, 0.15) is 51.2 Å². The summed E-state index contributed by atoms with van der Waals surface area (Å²) in [5, 5.41) is 7.42. The van der Waals surface area contributed by atoms with Gasteiger partial charge in [0.15, 0.2) is 0 Å². The molecule has 3 heterocycles. The maximum absolute atomic E-state index is 13.3. The Bertz CT molecular complexity index is 1160. The third kappa shape index (κ3) is 5.00. The largest absolute Gasteiger partial charge is 0.314 e. The monoisotopic (exact) mass is 448 g/mol. The molecule has 2 aromatic heterocycles. The Kier molecular flexibility index (Phi) is 7.22. The molecule has 0 radical (unpaired) electrons. The molecule has 4 rings (SSSR count). The quantitative estimate of drug-likeness (QED) is 0.578. The van der Waals surface area contributed by atoms with E-state index in [-0.39, 0.29) is 11.6 Å². The predicted molar refractivity (Wildman–Crippen MR) is 134 cm³/mol. The minimum atomic E-state index is 0.0180. The van der Waals surface area contributed by atoms with E-state index in [0.717, 1.165) is 54.1 Å². The number of nitrogens with one attached hydrogen (secondary N) is 2. The van der Waals surface area contributed by atoms with Crippen molar-refractivity contribution in [3.63, 3.8) is 0 Å². The van der Waals surface area contributed by atoms with E-state index in [0.29, 0.717) is 24.0 Å². The van der Waals surface area contributed by atoms with Gasteiger partial charge in [-0.2, -0.15) is 0 Å². The highest BCUT2D eigenvalue weighted by atomic mass is 16.1. The molecule has 176 valence electrons. The first-order valence-electron chi connectivity index (χ1n) is 12.0. The molecule has 7 heteroatoms. The number of piperazine rings is 1. The zero-order valence-corrected chi connectivity index (χ0v) is 20.4. The first-order chi connectivity index (χ1) is 15.9. The Morgan fingerprint density at radius 2 is 1.88 bits per heavy atom. The van der Waals surface area contributed by atoms with Gasteiger partial charge >= 0.3 is 0 Å². The fraction of sp³-hybridized carbons (Fsp3) is 0.500. The van der Waals surface area contributed by atoms with Crippen LogP contribution < -0.4 is 16.2 Å². The van der Waals surface area contributed by atoms with Crippen molar-refractivity contribution in [2.45, 2.75) is 58.3 Å². The van der Waals surface area contributed by atoms with Crippen LogP contribution in [0.4, 0.5) is 0 Å². The normalized spacial score (nSPS) is 20.3. The molecule has 0 bridgehead atoms. The molecule has 1 aromatic carbocycles. The Morgan fingerprint density at radius 3 is 2.58 bits per heavy atom. The molecule has 0 spiro atoms. The van der Waals surface area contributed by atoms with Crippen LogP contribution in [0.15, 0.2) is 41.3 Å². The molecule has 1 saturated heterocycles. The van der Waals surface area contributed by atoms with Crippen LogP contribution in [0.3, 0.4) is 0 Å². The standard InChI is InChI=1S/C26H36N6O/c1-6-7-24(32-15-17(2)29-18(3)16-32)25-30-23-13-19(8-9-22(23)26(33)31(25)5)20-10-11-28-21(12-20)14-27-4/h8-13,17-18,24,27,29H,6-7,14-16H2,1-5H3/t17-,18+,24?. The fourth-order valence-corrected chi connectivity index (χ4v) is 5.07. The molecule has 3 atom stereocenters. The highest BCUT2D eigenvalue weighted by Gasteiger charge is 2.30. The van der Waals surface area contributed by atoms with Gasteiger partial charge in [0.1, 0.15) is 5.82 Å². The lowest BCUT2D eigenvalue weighted by Gasteiger charge is -2.41. The van der Waals surface area contributed by atoms with Crippen molar-refractivity contribution < 1.29 is 0 Å². The van der Waals surface area contributed by atoms with E-state index in [9.17, 15) is 4.79 Å². The van der Waals surface area contributed by atoms with Crippen molar-refractivity contribution in [1.29, 1.82) is 0 Å². The average Bonchev–Trinajstić information content (AvgIpc) is 2.79. The van der Waals surface area contributed by atoms with E-state index in [2.05, 4.69) is 47.4 Å². The lowest BCUT2D eigenvalue weighted by atomic mass is 10.0. The third-order valence-electron chi connectivity index (χ3n) is 6.51. The maximum atomic E-state index is 13.3. The number of hydrogen-bond donors (Lipinski definition) is 2. The predicted octanol–water partition coefficient (Wildman–Crippen LogP) is 3.24. The van der Waals surface area contributed by atoms with Crippen LogP contribution in [-0.2, 0) is 13.6 Å². The smallest absolute Gasteiger partial charge is 0.261 e. The summed E-state index contributed by atoms with van der Waals surface area (Å²) in [5.41, 5.74) is 3.89. The van der Waals surface area contributed by atoms with Gasteiger partial charge in [-0.25, -0.2) is 4.98 Å². The molecule has 1 aliphatic rings. The Morgan fingerprint density at radius 1 is 1.15 bits per heavy atom. The number of pyridine rings is 1. The van der Waals surface area contributed by atoms with Crippen LogP contribution >= 0.6 is 0 Å². The molecule has 33 heavy (non-hydrogen) atoms. The number of fused-ring (bicyclic) bond motifs is 1. The Balaban J connectivity index is 1.79. The number of benzene rings is 1. The van der Waals surface area contributed by atoms with Gasteiger partial charge in [0.2, 0.25) is 0 Å². The van der Waals surface area contributed by atoms with Gasteiger partial charge in [0, 0.05) is 45.0 Å². The van der Waals surface area contributed by atoms with Crippen LogP contribution in [0.25, 0.3) is 22.0 Å². The number of nitrogens with zero attached hydrogens (tertiary/aromatic N) is 4. The maximum Gasteiger partial charge on any atom is 0.261 e. The minimum absolute atomic E-state index is 0.0180. The fourth-order valence-electron chi connectivity index (χ4n) is 5.07. The Hall–Kier alpha value is -2.61. The van der Waals surface area contributed by atoms with E-state index in [1.54, 1.807) is 4.57 Å². The zero-order chi connectivity index (χ0) is 23.5. The van der Waals surface area contributed by atoms with Gasteiger partial charge in [0.05, 0.1) is 22.6 Å². The topological polar surface area (TPSA) is 75.1 Å². The zero-order valence-electron chi connectivity index (χ0n) is 20.4. The van der Waals surface area contributed by atoms with Crippen LogP contribution in [0.5, 0.6) is 0 Å². The van der Waals surface area contributed by atoms with E-state index >= 15 is 0 Å². The highest BCUT2D eigenvalue weighted by molar-refractivity contribution is 5.83. The summed E-state index contributed by atoms with van der Waals surface area (Å²) in [4.78, 5) is 25.3. The van der Waals surface area contributed by atoms with Gasteiger partial charge in [-0.1, -0.05) is 19.4 Å². The van der Waals surface area contributed by atoms with E-state index in [1.165, 1.54) is 0 Å². The van der Waals surface area contributed by atoms with Gasteiger partial charge < -0.3 is 10.6 Å². The summed E-state index contributed by atoms with van der Waals surface area (Å²) in [5.74, 6) is 0.860. The van der Waals surface area contributed by atoms with Crippen molar-refractivity contribution in [1.82, 2.24) is 30.1 Å². The minimum Gasteiger partial charge on any atom is -0.314 e. The van der Waals surface area contributed by atoms with Crippen molar-refractivity contribution in [3.8, 4) is 11.1 Å². The highest BCUT2D eigenvalue weighted by Crippen LogP contribution is 2.28. The summed E-state index contributed by atoms with van der Waals surface area (Å²) in [6, 6.07) is 11.0. The van der Waals surface area contributed by atoms with Crippen molar-refractivity contribution in [2.24, 2.45) is 7.05 Å². The summed E-state index contributed by atoms with van der Waals surface area (Å²) in [7, 11) is 3.78. The average molecular weight is 449 g/mol. The molecule has 1 unspecified atom stereocenters. The van der Waals surface area contributed by atoms with E-state index in [4.69, 9.17) is 4.98 Å². The second kappa shape index (κ2) is 10.1. The summed E-state index contributed by atoms with van der Waals surface area (Å²) in [6.45, 7) is 9.27. The second-order valence-corrected chi connectivity index (χ2v) is 9.36. The first kappa shape index (κ1) is 23.5. The summed E-state index contributed by atoms with van der Waals surface area (Å²) in [6.07, 6.45) is 3.85. The molecule has 2 N–H and O–H groups in total. The Labute approximate surface area is 196 Å². The van der Waals surface area contributed by atoms with E-state index in [1.807, 2.05) is 44.6 Å². The SMILES string of the molecule is CCCC(c1nc2cc(-c3ccnc(CNC)c3)ccc2c(=O)n1C)N1C[C@@H](C)N[C@@H](C)C1. The van der Waals surface area contributed by atoms with Crippen LogP contribution in [-0.4, -0.2) is 51.7 Å². The molecule has 1 fully saturated rings. The first-order valence-corrected chi connectivity index (χ1v) is 12.0. The van der Waals surface area contributed by atoms with Crippen LogP contribution in [0, 0.1) is 0 Å². The van der Waals surface area contributed by atoms with Gasteiger partial charge in [-0.15, -0.1) is 0 Å². The second-order valence-electron chi connectivity index (χ2n) is 9.36. The molecule has 0 saturated carbocycles. The number of rotatable bonds is 7. The van der Waals surface area contributed by atoms with Gasteiger partial charge in [-0.05, 0) is 62.7 Å². The number of aromatic nitrogens is 3. The van der Waals surface area contributed by atoms with Crippen molar-refractivity contribution >= 4 is 10.9 Å². The van der Waals surface area contributed by atoms with Gasteiger partial charge in [-0.3, -0.25) is 19.2 Å². The lowest BCUT2D eigenvalue weighted by Crippen LogP contribution is -2.55. The number of hydrogen-bond acceptors (Lipinski definition) is 6. The van der Waals surface area contributed by atoms with Crippen LogP contribution in [0.2, 0.25) is 0 Å². The molecule has 3 aromatic rings.